The van der Waals surface area contributed by atoms with Gasteiger partial charge in [0.2, 0.25) is 0 Å². The molecule has 0 spiro atoms. The van der Waals surface area contributed by atoms with Gasteiger partial charge in [0.1, 0.15) is 18.0 Å². The van der Waals surface area contributed by atoms with Crippen LogP contribution in [0.3, 0.4) is 0 Å². The molecule has 17 heavy (non-hydrogen) atoms. The minimum Gasteiger partial charge on any atom is -0.367 e. The third-order valence-electron chi connectivity index (χ3n) is 3.13. The molecule has 4 N–H and O–H groups in total. The Kier molecular flexibility index (Phi) is 4.44. The number of nitrogens with one attached hydrogen (secondary N) is 2. The van der Waals surface area contributed by atoms with Crippen LogP contribution in [-0.2, 0) is 0 Å². The molecule has 0 amide bonds. The van der Waals surface area contributed by atoms with Crippen molar-refractivity contribution in [3.63, 3.8) is 0 Å². The number of aromatic nitrogens is 2. The number of hydrazine groups is 1. The van der Waals surface area contributed by atoms with Crippen LogP contribution in [0.15, 0.2) is 12.4 Å². The summed E-state index contributed by atoms with van der Waals surface area (Å²) in [5.41, 5.74) is 2.53. The van der Waals surface area contributed by atoms with E-state index >= 15 is 0 Å². The second-order valence-corrected chi connectivity index (χ2v) is 5.44. The normalized spacial score (nSPS) is 24.4. The van der Waals surface area contributed by atoms with Crippen LogP contribution in [0, 0.1) is 0 Å². The first-order chi connectivity index (χ1) is 8.31. The van der Waals surface area contributed by atoms with Gasteiger partial charge in [0, 0.05) is 17.4 Å². The minimum atomic E-state index is 0.515. The van der Waals surface area contributed by atoms with Crippen LogP contribution in [-0.4, -0.2) is 27.5 Å². The summed E-state index contributed by atoms with van der Waals surface area (Å²) in [6.45, 7) is 0. The van der Waals surface area contributed by atoms with Gasteiger partial charge >= 0.3 is 0 Å². The third kappa shape index (κ3) is 3.47. The molecule has 94 valence electrons. The third-order valence-corrected chi connectivity index (χ3v) is 4.22. The number of nitrogen functional groups attached to an aromatic ring is 1. The summed E-state index contributed by atoms with van der Waals surface area (Å²) < 4.78 is 0. The summed E-state index contributed by atoms with van der Waals surface area (Å²) in [5.74, 6) is 6.81. The van der Waals surface area contributed by atoms with Crippen LogP contribution in [0.5, 0.6) is 0 Å². The van der Waals surface area contributed by atoms with Gasteiger partial charge in [-0.15, -0.1) is 0 Å². The van der Waals surface area contributed by atoms with Gasteiger partial charge in [-0.2, -0.15) is 11.8 Å². The Balaban J connectivity index is 1.95. The number of thioether (sulfide) groups is 1. The van der Waals surface area contributed by atoms with Crippen molar-refractivity contribution in [2.75, 3.05) is 17.0 Å². The zero-order valence-corrected chi connectivity index (χ0v) is 10.8. The Morgan fingerprint density at radius 1 is 1.35 bits per heavy atom. The van der Waals surface area contributed by atoms with Crippen molar-refractivity contribution >= 4 is 23.4 Å². The topological polar surface area (TPSA) is 75.9 Å². The van der Waals surface area contributed by atoms with Gasteiger partial charge in [-0.3, -0.25) is 0 Å². The van der Waals surface area contributed by atoms with Gasteiger partial charge in [-0.1, -0.05) is 6.42 Å². The second-order valence-electron chi connectivity index (χ2n) is 4.30. The van der Waals surface area contributed by atoms with Crippen LogP contribution in [0.1, 0.15) is 25.7 Å². The van der Waals surface area contributed by atoms with E-state index in [9.17, 15) is 0 Å². The predicted molar refractivity (Wildman–Crippen MR) is 73.0 cm³/mol. The first kappa shape index (κ1) is 12.4. The number of rotatable bonds is 4. The van der Waals surface area contributed by atoms with Crippen LogP contribution in [0.25, 0.3) is 0 Å². The van der Waals surface area contributed by atoms with Gasteiger partial charge in [0.05, 0.1) is 0 Å². The van der Waals surface area contributed by atoms with Crippen molar-refractivity contribution in [1.82, 2.24) is 9.97 Å². The van der Waals surface area contributed by atoms with E-state index in [-0.39, 0.29) is 0 Å². The fraction of sp³-hybridized carbons (Fsp3) is 0.636. The second kappa shape index (κ2) is 6.07. The van der Waals surface area contributed by atoms with Crippen molar-refractivity contribution in [2.24, 2.45) is 5.84 Å². The average molecular weight is 253 g/mol. The Hall–Kier alpha value is -1.01. The first-order valence-electron chi connectivity index (χ1n) is 5.90. The maximum absolute atomic E-state index is 5.32. The molecule has 2 atom stereocenters. The summed E-state index contributed by atoms with van der Waals surface area (Å²) >= 11 is 1.96. The monoisotopic (exact) mass is 253 g/mol. The number of hydrogen-bond donors (Lipinski definition) is 3. The molecule has 5 nitrogen and oxygen atoms in total. The van der Waals surface area contributed by atoms with Crippen LogP contribution >= 0.6 is 11.8 Å². The fourth-order valence-electron chi connectivity index (χ4n) is 2.21. The number of nitrogens with two attached hydrogens (primary N) is 1. The maximum atomic E-state index is 5.32. The lowest BCUT2D eigenvalue weighted by atomic mass is 9.95. The molecule has 2 unspecified atom stereocenters. The van der Waals surface area contributed by atoms with Crippen LogP contribution < -0.4 is 16.6 Å². The lowest BCUT2D eigenvalue weighted by molar-refractivity contribution is 0.472. The Bertz CT molecular complexity index is 359. The van der Waals surface area contributed by atoms with E-state index in [4.69, 9.17) is 5.84 Å². The molecule has 0 aromatic carbocycles. The van der Waals surface area contributed by atoms with Crippen molar-refractivity contribution in [1.29, 1.82) is 0 Å². The van der Waals surface area contributed by atoms with E-state index in [1.807, 2.05) is 17.8 Å². The average Bonchev–Trinajstić information content (AvgIpc) is 2.39. The Morgan fingerprint density at radius 2 is 2.18 bits per heavy atom. The summed E-state index contributed by atoms with van der Waals surface area (Å²) in [7, 11) is 0. The SMILES string of the molecule is CSC1CCCC(Nc2cc(NN)ncn2)C1. The summed E-state index contributed by atoms with van der Waals surface area (Å²) in [6, 6.07) is 2.35. The molecule has 1 aromatic heterocycles. The predicted octanol–water partition coefficient (Wildman–Crippen LogP) is 1.85. The summed E-state index contributed by atoms with van der Waals surface area (Å²) in [6.07, 6.45) is 8.75. The van der Waals surface area contributed by atoms with E-state index in [2.05, 4.69) is 27.0 Å². The summed E-state index contributed by atoms with van der Waals surface area (Å²) in [4.78, 5) is 8.20. The van der Waals surface area contributed by atoms with Gasteiger partial charge in [0.25, 0.3) is 0 Å². The zero-order chi connectivity index (χ0) is 12.1. The Labute approximate surface area is 106 Å². The van der Waals surface area contributed by atoms with E-state index < -0.39 is 0 Å². The standard InChI is InChI=1S/C11H19N5S/c1-17-9-4-2-3-8(5-9)15-10-6-11(16-12)14-7-13-10/h6-9H,2-5,12H2,1H3,(H2,13,14,15,16). The van der Waals surface area contributed by atoms with E-state index in [0.29, 0.717) is 11.9 Å². The smallest absolute Gasteiger partial charge is 0.145 e. The molecular weight excluding hydrogens is 234 g/mol. The highest BCUT2D eigenvalue weighted by atomic mass is 32.2. The molecular formula is C11H19N5S. The van der Waals surface area contributed by atoms with Crippen molar-refractivity contribution in [3.8, 4) is 0 Å². The molecule has 1 saturated carbocycles. The Morgan fingerprint density at radius 3 is 2.94 bits per heavy atom. The summed E-state index contributed by atoms with van der Waals surface area (Å²) in [5, 5.41) is 4.23. The van der Waals surface area contributed by atoms with Gasteiger partial charge in [0.15, 0.2) is 0 Å². The molecule has 2 rings (SSSR count). The fourth-order valence-corrected chi connectivity index (χ4v) is 3.04. The molecule has 0 aliphatic heterocycles. The first-order valence-corrected chi connectivity index (χ1v) is 7.18. The van der Waals surface area contributed by atoms with Crippen molar-refractivity contribution in [2.45, 2.75) is 37.0 Å². The zero-order valence-electron chi connectivity index (χ0n) is 10.0. The lowest BCUT2D eigenvalue weighted by Gasteiger charge is -2.29. The molecule has 0 radical (unpaired) electrons. The van der Waals surface area contributed by atoms with Crippen molar-refractivity contribution < 1.29 is 0 Å². The number of hydrogen-bond acceptors (Lipinski definition) is 6. The molecule has 1 aromatic rings. The number of nitrogens with zero attached hydrogens (tertiary/aromatic N) is 2. The maximum Gasteiger partial charge on any atom is 0.145 e. The highest BCUT2D eigenvalue weighted by Gasteiger charge is 2.21. The number of anilines is 2. The van der Waals surface area contributed by atoms with E-state index in [0.717, 1.165) is 11.1 Å². The van der Waals surface area contributed by atoms with Gasteiger partial charge in [-0.25, -0.2) is 15.8 Å². The molecule has 0 bridgehead atoms. The van der Waals surface area contributed by atoms with Gasteiger partial charge in [-0.05, 0) is 25.5 Å². The molecule has 1 aliphatic rings. The van der Waals surface area contributed by atoms with Crippen molar-refractivity contribution in [3.05, 3.63) is 12.4 Å². The van der Waals surface area contributed by atoms with Crippen LogP contribution in [0.4, 0.5) is 11.6 Å². The quantitative estimate of drug-likeness (QED) is 0.561. The van der Waals surface area contributed by atoms with Crippen LogP contribution in [0.2, 0.25) is 0 Å². The largest absolute Gasteiger partial charge is 0.367 e. The highest BCUT2D eigenvalue weighted by Crippen LogP contribution is 2.28. The van der Waals surface area contributed by atoms with E-state index in [1.165, 1.54) is 32.0 Å². The lowest BCUT2D eigenvalue weighted by Crippen LogP contribution is -2.29. The highest BCUT2D eigenvalue weighted by molar-refractivity contribution is 7.99. The molecule has 1 heterocycles. The molecule has 6 heteroatoms. The molecule has 1 fully saturated rings. The van der Waals surface area contributed by atoms with Gasteiger partial charge < -0.3 is 10.7 Å². The van der Waals surface area contributed by atoms with E-state index in [1.54, 1.807) is 0 Å². The minimum absolute atomic E-state index is 0.515. The molecule has 1 aliphatic carbocycles. The molecule has 0 saturated heterocycles.